The van der Waals surface area contributed by atoms with Crippen LogP contribution in [0.2, 0.25) is 0 Å². The zero-order valence-electron chi connectivity index (χ0n) is 14.2. The Morgan fingerprint density at radius 1 is 1.04 bits per heavy atom. The Bertz CT molecular complexity index is 682. The van der Waals surface area contributed by atoms with Crippen molar-refractivity contribution < 1.29 is 14.3 Å². The maximum Gasteiger partial charge on any atom is 0.253 e. The van der Waals surface area contributed by atoms with Crippen LogP contribution in [0.4, 0.5) is 0 Å². The first-order valence-electron chi connectivity index (χ1n) is 7.93. The Morgan fingerprint density at radius 3 is 2.29 bits per heavy atom. The van der Waals surface area contributed by atoms with Gasteiger partial charge in [-0.3, -0.25) is 4.79 Å². The third-order valence-corrected chi connectivity index (χ3v) is 4.30. The van der Waals surface area contributed by atoms with Crippen LogP contribution in [0.25, 0.3) is 0 Å². The number of methoxy groups -OCH3 is 1. The normalized spacial score (nSPS) is 10.3. The number of amides is 1. The SMILES string of the molecule is CCN(CC)C(=O)c1ccc(OCc2ccc(Br)cc2)c(OC)c1. The van der Waals surface area contributed by atoms with Gasteiger partial charge in [-0.25, -0.2) is 0 Å². The summed E-state index contributed by atoms with van der Waals surface area (Å²) in [7, 11) is 1.58. The van der Waals surface area contributed by atoms with Crippen LogP contribution in [0, 0.1) is 0 Å². The molecule has 24 heavy (non-hydrogen) atoms. The van der Waals surface area contributed by atoms with Crippen LogP contribution >= 0.6 is 15.9 Å². The van der Waals surface area contributed by atoms with Gasteiger partial charge >= 0.3 is 0 Å². The minimum absolute atomic E-state index is 0.00207. The third-order valence-electron chi connectivity index (χ3n) is 3.77. The van der Waals surface area contributed by atoms with Gasteiger partial charge in [0.05, 0.1) is 7.11 Å². The second-order valence-electron chi connectivity index (χ2n) is 5.26. The summed E-state index contributed by atoms with van der Waals surface area (Å²) < 4.78 is 12.3. The first-order chi connectivity index (χ1) is 11.6. The molecule has 128 valence electrons. The topological polar surface area (TPSA) is 38.8 Å². The molecule has 0 heterocycles. The van der Waals surface area contributed by atoms with E-state index in [0.29, 0.717) is 36.8 Å². The second-order valence-corrected chi connectivity index (χ2v) is 6.17. The van der Waals surface area contributed by atoms with Crippen molar-refractivity contribution in [2.75, 3.05) is 20.2 Å². The first kappa shape index (κ1) is 18.3. The van der Waals surface area contributed by atoms with Crippen molar-refractivity contribution in [3.05, 3.63) is 58.1 Å². The lowest BCUT2D eigenvalue weighted by Crippen LogP contribution is -2.30. The number of hydrogen-bond acceptors (Lipinski definition) is 3. The second kappa shape index (κ2) is 8.73. The summed E-state index contributed by atoms with van der Waals surface area (Å²) in [6.07, 6.45) is 0. The van der Waals surface area contributed by atoms with E-state index in [-0.39, 0.29) is 5.91 Å². The molecule has 0 saturated carbocycles. The number of rotatable bonds is 7. The smallest absolute Gasteiger partial charge is 0.253 e. The van der Waals surface area contributed by atoms with Gasteiger partial charge in [0.1, 0.15) is 6.61 Å². The standard InChI is InChI=1S/C19H22BrNO3/c1-4-21(5-2)19(22)15-8-11-17(18(12-15)23-3)24-13-14-6-9-16(20)10-7-14/h6-12H,4-5,13H2,1-3H3. The molecule has 0 aliphatic rings. The number of nitrogens with zero attached hydrogens (tertiary/aromatic N) is 1. The van der Waals surface area contributed by atoms with Crippen LogP contribution in [-0.4, -0.2) is 31.0 Å². The predicted molar refractivity (Wildman–Crippen MR) is 98.7 cm³/mol. The van der Waals surface area contributed by atoms with E-state index in [0.717, 1.165) is 10.0 Å². The zero-order valence-corrected chi connectivity index (χ0v) is 15.8. The average molecular weight is 392 g/mol. The number of carbonyl (C=O) groups is 1. The molecular formula is C19H22BrNO3. The van der Waals surface area contributed by atoms with E-state index in [9.17, 15) is 4.79 Å². The van der Waals surface area contributed by atoms with E-state index in [4.69, 9.17) is 9.47 Å². The molecule has 0 radical (unpaired) electrons. The van der Waals surface area contributed by atoms with Gasteiger partial charge in [0.2, 0.25) is 0 Å². The lowest BCUT2D eigenvalue weighted by atomic mass is 10.1. The van der Waals surface area contributed by atoms with E-state index in [1.165, 1.54) is 0 Å². The molecule has 2 aromatic carbocycles. The predicted octanol–water partition coefficient (Wildman–Crippen LogP) is 4.52. The van der Waals surface area contributed by atoms with E-state index in [1.807, 2.05) is 38.1 Å². The Labute approximate surface area is 151 Å². The van der Waals surface area contributed by atoms with Crippen molar-refractivity contribution in [3.8, 4) is 11.5 Å². The molecule has 0 spiro atoms. The van der Waals surface area contributed by atoms with Crippen LogP contribution in [0.3, 0.4) is 0 Å². The van der Waals surface area contributed by atoms with E-state index >= 15 is 0 Å². The molecule has 2 aromatic rings. The van der Waals surface area contributed by atoms with Crippen LogP contribution < -0.4 is 9.47 Å². The van der Waals surface area contributed by atoms with Crippen molar-refractivity contribution in [2.24, 2.45) is 0 Å². The van der Waals surface area contributed by atoms with Gasteiger partial charge < -0.3 is 14.4 Å². The molecule has 0 aliphatic heterocycles. The molecule has 0 fully saturated rings. The zero-order chi connectivity index (χ0) is 17.5. The summed E-state index contributed by atoms with van der Waals surface area (Å²) in [5.74, 6) is 1.18. The quantitative estimate of drug-likeness (QED) is 0.696. The molecule has 4 nitrogen and oxygen atoms in total. The number of benzene rings is 2. The molecule has 0 aromatic heterocycles. The Morgan fingerprint density at radius 2 is 1.71 bits per heavy atom. The van der Waals surface area contributed by atoms with E-state index < -0.39 is 0 Å². The summed E-state index contributed by atoms with van der Waals surface area (Å²) in [6, 6.07) is 13.2. The highest BCUT2D eigenvalue weighted by molar-refractivity contribution is 9.10. The molecule has 2 rings (SSSR count). The minimum Gasteiger partial charge on any atom is -0.493 e. The maximum absolute atomic E-state index is 12.4. The highest BCUT2D eigenvalue weighted by atomic mass is 79.9. The van der Waals surface area contributed by atoms with E-state index in [2.05, 4.69) is 15.9 Å². The average Bonchev–Trinajstić information content (AvgIpc) is 2.62. The van der Waals surface area contributed by atoms with Gasteiger partial charge in [-0.1, -0.05) is 28.1 Å². The fourth-order valence-electron chi connectivity index (χ4n) is 2.35. The van der Waals surface area contributed by atoms with Gasteiger partial charge in [-0.05, 0) is 49.7 Å². The molecule has 0 bridgehead atoms. The fraction of sp³-hybridized carbons (Fsp3) is 0.316. The fourth-order valence-corrected chi connectivity index (χ4v) is 2.62. The monoisotopic (exact) mass is 391 g/mol. The number of carbonyl (C=O) groups excluding carboxylic acids is 1. The molecular weight excluding hydrogens is 370 g/mol. The number of hydrogen-bond donors (Lipinski definition) is 0. The van der Waals surface area contributed by atoms with Crippen molar-refractivity contribution in [1.29, 1.82) is 0 Å². The lowest BCUT2D eigenvalue weighted by molar-refractivity contribution is 0.0772. The van der Waals surface area contributed by atoms with Gasteiger partial charge in [0.25, 0.3) is 5.91 Å². The molecule has 0 unspecified atom stereocenters. The summed E-state index contributed by atoms with van der Waals surface area (Å²) in [5.41, 5.74) is 1.66. The molecule has 0 atom stereocenters. The summed E-state index contributed by atoms with van der Waals surface area (Å²) >= 11 is 3.41. The molecule has 1 amide bonds. The van der Waals surface area contributed by atoms with Crippen molar-refractivity contribution in [2.45, 2.75) is 20.5 Å². The lowest BCUT2D eigenvalue weighted by Gasteiger charge is -2.19. The summed E-state index contributed by atoms with van der Waals surface area (Å²) in [5, 5.41) is 0. The largest absolute Gasteiger partial charge is 0.493 e. The van der Waals surface area contributed by atoms with Gasteiger partial charge in [-0.15, -0.1) is 0 Å². The van der Waals surface area contributed by atoms with Gasteiger partial charge in [-0.2, -0.15) is 0 Å². The Kier molecular flexibility index (Phi) is 6.67. The highest BCUT2D eigenvalue weighted by Crippen LogP contribution is 2.29. The number of halogens is 1. The van der Waals surface area contributed by atoms with Crippen molar-refractivity contribution >= 4 is 21.8 Å². The first-order valence-corrected chi connectivity index (χ1v) is 8.72. The van der Waals surface area contributed by atoms with E-state index in [1.54, 1.807) is 30.2 Å². The summed E-state index contributed by atoms with van der Waals surface area (Å²) in [4.78, 5) is 14.2. The molecule has 0 saturated heterocycles. The van der Waals surface area contributed by atoms with Crippen LogP contribution in [0.1, 0.15) is 29.8 Å². The highest BCUT2D eigenvalue weighted by Gasteiger charge is 2.15. The van der Waals surface area contributed by atoms with Crippen LogP contribution in [0.5, 0.6) is 11.5 Å². The molecule has 0 N–H and O–H groups in total. The van der Waals surface area contributed by atoms with Crippen LogP contribution in [0.15, 0.2) is 46.9 Å². The van der Waals surface area contributed by atoms with Gasteiger partial charge in [0.15, 0.2) is 11.5 Å². The maximum atomic E-state index is 12.4. The van der Waals surface area contributed by atoms with Gasteiger partial charge in [0, 0.05) is 23.1 Å². The Hall–Kier alpha value is -2.01. The van der Waals surface area contributed by atoms with Crippen LogP contribution in [-0.2, 0) is 6.61 Å². The molecule has 0 aliphatic carbocycles. The van der Waals surface area contributed by atoms with Crippen molar-refractivity contribution in [1.82, 2.24) is 4.90 Å². The summed E-state index contributed by atoms with van der Waals surface area (Å²) in [6.45, 7) is 5.73. The number of ether oxygens (including phenoxy) is 2. The van der Waals surface area contributed by atoms with Crippen molar-refractivity contribution in [3.63, 3.8) is 0 Å². The Balaban J connectivity index is 2.13. The molecule has 5 heteroatoms. The third kappa shape index (κ3) is 4.51. The minimum atomic E-state index is -0.00207.